The van der Waals surface area contributed by atoms with Gasteiger partial charge in [-0.3, -0.25) is 0 Å². The lowest BCUT2D eigenvalue weighted by Gasteiger charge is -2.32. The Morgan fingerprint density at radius 2 is 2.15 bits per heavy atom. The van der Waals surface area contributed by atoms with Crippen LogP contribution in [-0.2, 0) is 20.9 Å². The van der Waals surface area contributed by atoms with Gasteiger partial charge < -0.3 is 14.7 Å². The Balaban J connectivity index is 2.04. The number of carbonyl (C=O) groups is 1. The van der Waals surface area contributed by atoms with Crippen LogP contribution >= 0.6 is 0 Å². The number of allylic oxidation sites excluding steroid dienone is 1. The number of nitrogens with zero attached hydrogens (tertiary/aromatic N) is 1. The molecule has 0 spiro atoms. The van der Waals surface area contributed by atoms with E-state index < -0.39 is 11.5 Å². The lowest BCUT2D eigenvalue weighted by molar-refractivity contribution is -0.152. The molecule has 5 nitrogen and oxygen atoms in total. The molecule has 1 saturated heterocycles. The van der Waals surface area contributed by atoms with Crippen molar-refractivity contribution in [1.82, 2.24) is 4.90 Å². The average molecular weight is 275 g/mol. The van der Waals surface area contributed by atoms with Gasteiger partial charge in [-0.25, -0.2) is 9.59 Å². The molecule has 5 heteroatoms. The van der Waals surface area contributed by atoms with Crippen molar-refractivity contribution in [3.63, 3.8) is 0 Å². The highest BCUT2D eigenvalue weighted by molar-refractivity contribution is 5.81. The molecule has 1 unspecified atom stereocenters. The van der Waals surface area contributed by atoms with E-state index >= 15 is 0 Å². The van der Waals surface area contributed by atoms with Crippen molar-refractivity contribution in [2.45, 2.75) is 25.0 Å². The van der Waals surface area contributed by atoms with Crippen molar-refractivity contribution >= 4 is 11.9 Å². The van der Waals surface area contributed by atoms with Crippen LogP contribution in [0, 0.1) is 0 Å². The van der Waals surface area contributed by atoms with E-state index in [9.17, 15) is 14.7 Å². The number of carboxylic acid groups (broad SMARTS) is 1. The van der Waals surface area contributed by atoms with Gasteiger partial charge in [-0.05, 0) is 12.0 Å². The molecule has 1 heterocycles. The molecule has 1 fully saturated rings. The first-order valence-electron chi connectivity index (χ1n) is 6.43. The maximum absolute atomic E-state index is 11.6. The zero-order valence-electron chi connectivity index (χ0n) is 11.3. The van der Waals surface area contributed by atoms with Crippen LogP contribution in [0.1, 0.15) is 18.4 Å². The van der Waals surface area contributed by atoms with Gasteiger partial charge in [-0.15, -0.1) is 0 Å². The van der Waals surface area contributed by atoms with Gasteiger partial charge >= 0.3 is 5.97 Å². The normalized spacial score (nSPS) is 21.9. The number of likely N-dealkylation sites (N-methyl/N-ethyl adjacent to an activating group) is 1. The first-order chi connectivity index (χ1) is 9.60. The fourth-order valence-corrected chi connectivity index (χ4v) is 2.43. The first kappa shape index (κ1) is 14.3. The largest absolute Gasteiger partial charge is 0.479 e. The van der Waals surface area contributed by atoms with Crippen LogP contribution in [0.15, 0.2) is 36.0 Å². The number of hydrogen-bond donors (Lipinski definition) is 1. The zero-order valence-corrected chi connectivity index (χ0v) is 11.3. The zero-order chi connectivity index (χ0) is 14.6. The minimum atomic E-state index is -1.17. The Hall–Kier alpha value is -2.10. The lowest BCUT2D eigenvalue weighted by Crippen LogP contribution is -2.51. The van der Waals surface area contributed by atoms with Gasteiger partial charge in [0.25, 0.3) is 0 Å². The molecule has 0 bridgehead atoms. The number of hydrogen-bond acceptors (Lipinski definition) is 4. The first-order valence-corrected chi connectivity index (χ1v) is 6.43. The van der Waals surface area contributed by atoms with Crippen LogP contribution in [0.2, 0.25) is 0 Å². The highest BCUT2D eigenvalue weighted by Crippen LogP contribution is 2.34. The summed E-state index contributed by atoms with van der Waals surface area (Å²) in [6, 6.07) is 9.56. The molecule has 1 aliphatic heterocycles. The van der Waals surface area contributed by atoms with E-state index in [4.69, 9.17) is 4.74 Å². The van der Waals surface area contributed by atoms with E-state index in [0.29, 0.717) is 25.1 Å². The minimum absolute atomic E-state index is 0.0406. The predicted octanol–water partition coefficient (Wildman–Crippen LogP) is 1.47. The van der Waals surface area contributed by atoms with Gasteiger partial charge in [-0.1, -0.05) is 30.3 Å². The topological polar surface area (TPSA) is 66.8 Å². The number of carboxylic acids is 1. The Labute approximate surface area is 117 Å². The highest BCUT2D eigenvalue weighted by atomic mass is 16.5. The van der Waals surface area contributed by atoms with Crippen molar-refractivity contribution in [1.29, 1.82) is 0 Å². The highest BCUT2D eigenvalue weighted by Gasteiger charge is 2.48. The maximum Gasteiger partial charge on any atom is 0.331 e. The van der Waals surface area contributed by atoms with Crippen molar-refractivity contribution in [3.8, 4) is 0 Å². The second-order valence-corrected chi connectivity index (χ2v) is 4.92. The predicted molar refractivity (Wildman–Crippen MR) is 72.7 cm³/mol. The lowest BCUT2D eigenvalue weighted by atomic mass is 9.98. The summed E-state index contributed by atoms with van der Waals surface area (Å²) in [4.78, 5) is 23.8. The third-order valence-electron chi connectivity index (χ3n) is 3.79. The summed E-state index contributed by atoms with van der Waals surface area (Å²) in [6.07, 6.45) is 0.777. The van der Waals surface area contributed by atoms with E-state index in [1.807, 2.05) is 30.3 Å². The molecule has 0 aliphatic carbocycles. The Bertz CT molecular complexity index is 536. The smallest absolute Gasteiger partial charge is 0.331 e. The molecule has 1 aromatic rings. The van der Waals surface area contributed by atoms with E-state index in [1.54, 1.807) is 13.0 Å². The van der Waals surface area contributed by atoms with Crippen LogP contribution < -0.4 is 0 Å². The van der Waals surface area contributed by atoms with Crippen molar-refractivity contribution in [2.75, 3.05) is 13.7 Å². The van der Waals surface area contributed by atoms with Crippen molar-refractivity contribution < 1.29 is 19.4 Å². The number of rotatable bonds is 5. The van der Waals surface area contributed by atoms with E-state index in [0.717, 1.165) is 5.56 Å². The second-order valence-electron chi connectivity index (χ2n) is 4.92. The van der Waals surface area contributed by atoms with Crippen LogP contribution in [-0.4, -0.2) is 41.1 Å². The SMILES string of the molecule is CN1C(=C=O)CCC1(COCc1ccccc1)C(=O)O. The van der Waals surface area contributed by atoms with Crippen LogP contribution in [0.5, 0.6) is 0 Å². The molecular weight excluding hydrogens is 258 g/mol. The van der Waals surface area contributed by atoms with Gasteiger partial charge in [0, 0.05) is 13.5 Å². The molecule has 20 heavy (non-hydrogen) atoms. The second kappa shape index (κ2) is 5.90. The number of carbonyl (C=O) groups excluding carboxylic acids is 1. The summed E-state index contributed by atoms with van der Waals surface area (Å²) < 4.78 is 5.57. The molecular formula is C15H17NO4. The average Bonchev–Trinajstić information content (AvgIpc) is 2.78. The van der Waals surface area contributed by atoms with Gasteiger partial charge in [0.15, 0.2) is 5.54 Å². The molecule has 1 aliphatic rings. The third kappa shape index (κ3) is 2.59. The summed E-state index contributed by atoms with van der Waals surface area (Å²) in [5, 5.41) is 9.48. The van der Waals surface area contributed by atoms with Crippen LogP contribution in [0.25, 0.3) is 0 Å². The molecule has 106 valence electrons. The van der Waals surface area contributed by atoms with Crippen LogP contribution in [0.3, 0.4) is 0 Å². The molecule has 0 amide bonds. The maximum atomic E-state index is 11.6. The Kier molecular flexibility index (Phi) is 4.23. The van der Waals surface area contributed by atoms with Gasteiger partial charge in [0.1, 0.15) is 5.94 Å². The van der Waals surface area contributed by atoms with E-state index in [2.05, 4.69) is 0 Å². The monoisotopic (exact) mass is 275 g/mol. The number of aliphatic carboxylic acids is 1. The van der Waals surface area contributed by atoms with Gasteiger partial charge in [-0.2, -0.15) is 0 Å². The van der Waals surface area contributed by atoms with E-state index in [-0.39, 0.29) is 6.61 Å². The van der Waals surface area contributed by atoms with Crippen molar-refractivity contribution in [3.05, 3.63) is 41.6 Å². The van der Waals surface area contributed by atoms with Gasteiger partial charge in [0.2, 0.25) is 0 Å². The summed E-state index contributed by atoms with van der Waals surface area (Å²) in [5.74, 6) is 0.831. The Morgan fingerprint density at radius 3 is 2.70 bits per heavy atom. The number of ether oxygens (including phenoxy) is 1. The number of likely N-dealkylation sites (tertiary alicyclic amines) is 1. The fraction of sp³-hybridized carbons (Fsp3) is 0.400. The molecule has 1 atom stereocenters. The van der Waals surface area contributed by atoms with Crippen LogP contribution in [0.4, 0.5) is 0 Å². The summed E-state index contributed by atoms with van der Waals surface area (Å²) in [5.41, 5.74) is 0.206. The molecule has 1 N–H and O–H groups in total. The minimum Gasteiger partial charge on any atom is -0.479 e. The molecule has 0 radical (unpaired) electrons. The summed E-state index contributed by atoms with van der Waals surface area (Å²) in [6.45, 7) is 0.392. The molecule has 0 aromatic heterocycles. The fourth-order valence-electron chi connectivity index (χ4n) is 2.43. The summed E-state index contributed by atoms with van der Waals surface area (Å²) in [7, 11) is 1.60. The number of benzene rings is 1. The quantitative estimate of drug-likeness (QED) is 0.824. The molecule has 2 rings (SSSR count). The third-order valence-corrected chi connectivity index (χ3v) is 3.79. The van der Waals surface area contributed by atoms with E-state index in [1.165, 1.54) is 4.90 Å². The van der Waals surface area contributed by atoms with Crippen molar-refractivity contribution in [2.24, 2.45) is 0 Å². The molecule has 1 aromatic carbocycles. The Morgan fingerprint density at radius 1 is 1.45 bits per heavy atom. The van der Waals surface area contributed by atoms with Gasteiger partial charge in [0.05, 0.1) is 18.9 Å². The molecule has 0 saturated carbocycles. The standard InChI is InChI=1S/C15H17NO4/c1-16-13(9-17)7-8-15(16,14(18)19)11-20-10-12-5-3-2-4-6-12/h2-6H,7-8,10-11H2,1H3,(H,18,19). The summed E-state index contributed by atoms with van der Waals surface area (Å²) >= 11 is 0.